The summed E-state index contributed by atoms with van der Waals surface area (Å²) >= 11 is 15.9. The van der Waals surface area contributed by atoms with Crippen molar-refractivity contribution in [3.8, 4) is 0 Å². The molecule has 0 atom stereocenters. The molecule has 0 amide bonds. The van der Waals surface area contributed by atoms with Crippen LogP contribution >= 0.6 is 34.8 Å². The highest BCUT2D eigenvalue weighted by atomic mass is 35.5. The van der Waals surface area contributed by atoms with Crippen molar-refractivity contribution in [3.05, 3.63) is 0 Å². The summed E-state index contributed by atoms with van der Waals surface area (Å²) in [7, 11) is 0. The second kappa shape index (κ2) is 11.2. The molecule has 0 aromatic carbocycles. The van der Waals surface area contributed by atoms with Crippen LogP contribution in [0.4, 0.5) is 0 Å². The second-order valence-electron chi connectivity index (χ2n) is 3.04. The van der Waals surface area contributed by atoms with Gasteiger partial charge in [0.25, 0.3) is 0 Å². The molecule has 0 spiro atoms. The van der Waals surface area contributed by atoms with Crippen LogP contribution in [0.2, 0.25) is 0 Å². The highest BCUT2D eigenvalue weighted by molar-refractivity contribution is 6.32. The van der Waals surface area contributed by atoms with Crippen molar-refractivity contribution in [3.63, 3.8) is 0 Å². The van der Waals surface area contributed by atoms with Gasteiger partial charge in [0.15, 0.2) is 0 Å². The van der Waals surface area contributed by atoms with E-state index in [4.69, 9.17) is 55.2 Å². The topological polar surface area (TPSA) is 80.9 Å². The van der Waals surface area contributed by atoms with Gasteiger partial charge in [-0.2, -0.15) is 0 Å². The highest BCUT2D eigenvalue weighted by Gasteiger charge is 2.26. The molecule has 94 valence electrons. The Hall–Kier alpha value is 0.710. The molecule has 0 aliphatic rings. The van der Waals surface area contributed by atoms with Crippen LogP contribution in [0.5, 0.6) is 0 Å². The standard InChI is InChI=1S/C5H12O4.C3H5Cl3/c6-1-5(2-7,3-8)4-9;4-1-3(6)2-5/h6-9H,1-4H2;3H,1-2H2. The van der Waals surface area contributed by atoms with Gasteiger partial charge in [0.1, 0.15) is 0 Å². The third kappa shape index (κ3) is 8.51. The smallest absolute Gasteiger partial charge is 0.0627 e. The Morgan fingerprint density at radius 2 is 1.07 bits per heavy atom. The summed E-state index contributed by atoms with van der Waals surface area (Å²) in [5.74, 6) is 0.871. The fourth-order valence-corrected chi connectivity index (χ4v) is 0.671. The molecule has 0 radical (unpaired) electrons. The molecule has 15 heavy (non-hydrogen) atoms. The first-order chi connectivity index (χ1) is 7.05. The van der Waals surface area contributed by atoms with Crippen LogP contribution in [-0.2, 0) is 0 Å². The largest absolute Gasteiger partial charge is 0.396 e. The Labute approximate surface area is 104 Å². The van der Waals surface area contributed by atoms with E-state index >= 15 is 0 Å². The van der Waals surface area contributed by atoms with E-state index in [1.807, 2.05) is 0 Å². The second-order valence-corrected chi connectivity index (χ2v) is 4.27. The van der Waals surface area contributed by atoms with Gasteiger partial charge in [-0.25, -0.2) is 0 Å². The first-order valence-electron chi connectivity index (χ1n) is 4.25. The van der Waals surface area contributed by atoms with Gasteiger partial charge < -0.3 is 20.4 Å². The molecular formula is C8H17Cl3O4. The van der Waals surface area contributed by atoms with E-state index in [1.54, 1.807) is 0 Å². The summed E-state index contributed by atoms with van der Waals surface area (Å²) < 4.78 is 0. The molecule has 0 bridgehead atoms. The van der Waals surface area contributed by atoms with Crippen molar-refractivity contribution < 1.29 is 20.4 Å². The lowest BCUT2D eigenvalue weighted by molar-refractivity contribution is -0.0328. The van der Waals surface area contributed by atoms with E-state index in [0.29, 0.717) is 11.8 Å². The van der Waals surface area contributed by atoms with Crippen molar-refractivity contribution in [1.29, 1.82) is 0 Å². The lowest BCUT2D eigenvalue weighted by Crippen LogP contribution is -2.37. The molecule has 0 saturated carbocycles. The van der Waals surface area contributed by atoms with Crippen LogP contribution in [0.3, 0.4) is 0 Å². The fourth-order valence-electron chi connectivity index (χ4n) is 0.341. The van der Waals surface area contributed by atoms with Crippen molar-refractivity contribution in [1.82, 2.24) is 0 Å². The Bertz CT molecular complexity index is 112. The summed E-state index contributed by atoms with van der Waals surface area (Å²) in [6.07, 6.45) is 0. The fraction of sp³-hybridized carbons (Fsp3) is 1.00. The minimum Gasteiger partial charge on any atom is -0.396 e. The molecule has 0 aromatic heterocycles. The third-order valence-corrected chi connectivity index (χ3v) is 3.05. The van der Waals surface area contributed by atoms with Crippen molar-refractivity contribution in [2.45, 2.75) is 5.38 Å². The van der Waals surface area contributed by atoms with Gasteiger partial charge in [-0.15, -0.1) is 34.8 Å². The molecule has 0 unspecified atom stereocenters. The number of aliphatic hydroxyl groups excluding tert-OH is 4. The van der Waals surface area contributed by atoms with Gasteiger partial charge in [0.05, 0.1) is 37.2 Å². The van der Waals surface area contributed by atoms with Crippen LogP contribution in [0, 0.1) is 5.41 Å². The van der Waals surface area contributed by atoms with Crippen LogP contribution in [0.25, 0.3) is 0 Å². The lowest BCUT2D eigenvalue weighted by Gasteiger charge is -2.23. The van der Waals surface area contributed by atoms with E-state index in [-0.39, 0.29) is 5.38 Å². The maximum Gasteiger partial charge on any atom is 0.0627 e. The van der Waals surface area contributed by atoms with Gasteiger partial charge in [-0.1, -0.05) is 0 Å². The summed E-state index contributed by atoms with van der Waals surface area (Å²) in [5, 5.41) is 33.9. The van der Waals surface area contributed by atoms with Gasteiger partial charge in [-0.3, -0.25) is 0 Å². The first kappa shape index (κ1) is 18.1. The first-order valence-corrected chi connectivity index (χ1v) is 5.75. The highest BCUT2D eigenvalue weighted by Crippen LogP contribution is 2.11. The quantitative estimate of drug-likeness (QED) is 0.518. The molecule has 0 aliphatic heterocycles. The van der Waals surface area contributed by atoms with Gasteiger partial charge >= 0.3 is 0 Å². The average Bonchev–Trinajstić information content (AvgIpc) is 2.32. The lowest BCUT2D eigenvalue weighted by atomic mass is 9.93. The Balaban J connectivity index is 0. The molecule has 0 saturated heterocycles. The van der Waals surface area contributed by atoms with E-state index in [1.165, 1.54) is 0 Å². The van der Waals surface area contributed by atoms with E-state index < -0.39 is 31.8 Å². The zero-order valence-corrected chi connectivity index (χ0v) is 10.5. The molecule has 0 aliphatic carbocycles. The molecule has 0 heterocycles. The van der Waals surface area contributed by atoms with Gasteiger partial charge in [0, 0.05) is 11.8 Å². The van der Waals surface area contributed by atoms with Crippen molar-refractivity contribution in [2.75, 3.05) is 38.2 Å². The molecule has 4 nitrogen and oxygen atoms in total. The molecular weight excluding hydrogens is 266 g/mol. The van der Waals surface area contributed by atoms with Gasteiger partial charge in [0.2, 0.25) is 0 Å². The molecule has 0 rings (SSSR count). The minimum absolute atomic E-state index is 0.0617. The molecule has 0 fully saturated rings. The Morgan fingerprint density at radius 1 is 0.800 bits per heavy atom. The SMILES string of the molecule is ClCC(Cl)CCl.OCC(CO)(CO)CO. The predicted molar refractivity (Wildman–Crippen MR) is 61.9 cm³/mol. The molecule has 0 aromatic rings. The number of hydrogen-bond donors (Lipinski definition) is 4. The monoisotopic (exact) mass is 282 g/mol. The van der Waals surface area contributed by atoms with E-state index in [9.17, 15) is 0 Å². The van der Waals surface area contributed by atoms with Crippen LogP contribution in [0.15, 0.2) is 0 Å². The number of halogens is 3. The normalized spacial score (nSPS) is 11.2. The number of alkyl halides is 3. The zero-order chi connectivity index (χ0) is 12.3. The Kier molecular flexibility index (Phi) is 13.5. The van der Waals surface area contributed by atoms with E-state index in [2.05, 4.69) is 0 Å². The van der Waals surface area contributed by atoms with Crippen LogP contribution < -0.4 is 0 Å². The number of rotatable bonds is 6. The third-order valence-electron chi connectivity index (χ3n) is 1.68. The molecule has 7 heteroatoms. The maximum atomic E-state index is 8.50. The van der Waals surface area contributed by atoms with Crippen molar-refractivity contribution in [2.24, 2.45) is 5.41 Å². The van der Waals surface area contributed by atoms with Gasteiger partial charge in [-0.05, 0) is 0 Å². The minimum atomic E-state index is -1.11. The number of aliphatic hydroxyl groups is 4. The van der Waals surface area contributed by atoms with Crippen molar-refractivity contribution >= 4 is 34.8 Å². The predicted octanol–water partition coefficient (Wildman–Crippen LogP) is 0.0134. The van der Waals surface area contributed by atoms with Crippen LogP contribution in [0.1, 0.15) is 0 Å². The summed E-state index contributed by atoms with van der Waals surface area (Å²) in [5.41, 5.74) is -1.11. The maximum absolute atomic E-state index is 8.50. The van der Waals surface area contributed by atoms with Crippen LogP contribution in [-0.4, -0.2) is 64.0 Å². The number of hydrogen-bond acceptors (Lipinski definition) is 4. The average molecular weight is 284 g/mol. The summed E-state index contributed by atoms with van der Waals surface area (Å²) in [6, 6.07) is 0. The Morgan fingerprint density at radius 3 is 1.07 bits per heavy atom. The van der Waals surface area contributed by atoms with E-state index in [0.717, 1.165) is 0 Å². The summed E-state index contributed by atoms with van der Waals surface area (Å²) in [4.78, 5) is 0. The molecule has 4 N–H and O–H groups in total. The summed E-state index contributed by atoms with van der Waals surface area (Å²) in [6.45, 7) is -1.62. The zero-order valence-electron chi connectivity index (χ0n) is 8.24.